The summed E-state index contributed by atoms with van der Waals surface area (Å²) in [5.41, 5.74) is 1.49. The van der Waals surface area contributed by atoms with Gasteiger partial charge in [-0.3, -0.25) is 14.6 Å². The number of benzene rings is 1. The van der Waals surface area contributed by atoms with Gasteiger partial charge in [0.1, 0.15) is 11.2 Å². The van der Waals surface area contributed by atoms with Crippen molar-refractivity contribution in [2.24, 2.45) is 0 Å². The molecular weight excluding hydrogens is 358 g/mol. The molecule has 0 spiro atoms. The normalized spacial score (nSPS) is 11.4. The van der Waals surface area contributed by atoms with Crippen molar-refractivity contribution in [1.29, 1.82) is 0 Å². The van der Waals surface area contributed by atoms with Crippen molar-refractivity contribution in [2.45, 2.75) is 13.8 Å². The van der Waals surface area contributed by atoms with Crippen LogP contribution < -0.4 is 10.9 Å². The highest BCUT2D eigenvalue weighted by atomic mass is 16.1. The number of hydrogen-bond acceptors (Lipinski definition) is 5. The SMILES string of the molecule is C/C=C\C(=O)Nc1cc(C)nn1-c1nc2c(cnn2-c2ccccc2)c(=O)[nH]1. The van der Waals surface area contributed by atoms with Crippen LogP contribution in [0, 0.1) is 6.92 Å². The number of carbonyl (C=O) groups is 1. The van der Waals surface area contributed by atoms with E-state index in [1.165, 1.54) is 17.0 Å². The molecule has 2 N–H and O–H groups in total. The van der Waals surface area contributed by atoms with Crippen LogP contribution in [0.3, 0.4) is 0 Å². The lowest BCUT2D eigenvalue weighted by Crippen LogP contribution is -2.18. The Kier molecular flexibility index (Phi) is 4.32. The van der Waals surface area contributed by atoms with E-state index in [0.717, 1.165) is 5.69 Å². The van der Waals surface area contributed by atoms with E-state index in [1.807, 2.05) is 30.3 Å². The highest BCUT2D eigenvalue weighted by Crippen LogP contribution is 2.17. The Hall–Kier alpha value is -4.01. The number of amides is 1. The largest absolute Gasteiger partial charge is 0.307 e. The molecule has 0 atom stereocenters. The Morgan fingerprint density at radius 3 is 2.75 bits per heavy atom. The number of nitrogens with zero attached hydrogens (tertiary/aromatic N) is 5. The van der Waals surface area contributed by atoms with Crippen LogP contribution in [-0.4, -0.2) is 35.4 Å². The van der Waals surface area contributed by atoms with Crippen LogP contribution in [0.2, 0.25) is 0 Å². The number of hydrogen-bond donors (Lipinski definition) is 2. The first-order valence-electron chi connectivity index (χ1n) is 8.61. The van der Waals surface area contributed by atoms with Gasteiger partial charge < -0.3 is 5.32 Å². The molecule has 0 aliphatic heterocycles. The molecule has 9 nitrogen and oxygen atoms in total. The molecule has 0 unspecified atom stereocenters. The molecule has 0 bridgehead atoms. The number of anilines is 1. The second kappa shape index (κ2) is 6.95. The first-order chi connectivity index (χ1) is 13.6. The summed E-state index contributed by atoms with van der Waals surface area (Å²) < 4.78 is 2.97. The van der Waals surface area contributed by atoms with Gasteiger partial charge in [-0.25, -0.2) is 4.68 Å². The Morgan fingerprint density at radius 1 is 1.21 bits per heavy atom. The van der Waals surface area contributed by atoms with Crippen LogP contribution in [0.1, 0.15) is 12.6 Å². The van der Waals surface area contributed by atoms with Crippen LogP contribution in [0.15, 0.2) is 59.5 Å². The standard InChI is InChI=1S/C19H17N7O2/c1-3-7-16(27)21-15-10-12(2)24-26(15)19-22-17-14(18(28)23-19)11-20-25(17)13-8-5-4-6-9-13/h3-11H,1-2H3,(H,21,27)(H,22,23,28)/b7-3-. The van der Waals surface area contributed by atoms with Crippen molar-refractivity contribution < 1.29 is 4.79 Å². The van der Waals surface area contributed by atoms with E-state index in [-0.39, 0.29) is 17.4 Å². The lowest BCUT2D eigenvalue weighted by Gasteiger charge is -2.08. The maximum absolute atomic E-state index is 12.6. The van der Waals surface area contributed by atoms with E-state index in [9.17, 15) is 9.59 Å². The molecule has 0 saturated carbocycles. The van der Waals surface area contributed by atoms with E-state index in [1.54, 1.807) is 30.7 Å². The number of aromatic nitrogens is 6. The highest BCUT2D eigenvalue weighted by molar-refractivity contribution is 5.98. The van der Waals surface area contributed by atoms with Crippen molar-refractivity contribution in [2.75, 3.05) is 5.32 Å². The van der Waals surface area contributed by atoms with Crippen molar-refractivity contribution in [3.05, 3.63) is 70.8 Å². The summed E-state index contributed by atoms with van der Waals surface area (Å²) in [6.07, 6.45) is 4.50. The van der Waals surface area contributed by atoms with Crippen molar-refractivity contribution in [3.8, 4) is 11.6 Å². The number of nitrogens with one attached hydrogen (secondary N) is 2. The molecular formula is C19H17N7O2. The fourth-order valence-corrected chi connectivity index (χ4v) is 2.83. The topological polar surface area (TPSA) is 110 Å². The fraction of sp³-hybridized carbons (Fsp3) is 0.105. The van der Waals surface area contributed by atoms with E-state index < -0.39 is 0 Å². The van der Waals surface area contributed by atoms with Crippen LogP contribution in [0.25, 0.3) is 22.7 Å². The first kappa shape index (κ1) is 17.4. The summed E-state index contributed by atoms with van der Waals surface area (Å²) in [5.74, 6) is 0.273. The average Bonchev–Trinajstić information content (AvgIpc) is 3.26. The summed E-state index contributed by atoms with van der Waals surface area (Å²) in [7, 11) is 0. The third kappa shape index (κ3) is 3.09. The number of aromatic amines is 1. The number of para-hydroxylation sites is 1. The van der Waals surface area contributed by atoms with Gasteiger partial charge >= 0.3 is 0 Å². The number of H-pyrrole nitrogens is 1. The third-order valence-corrected chi connectivity index (χ3v) is 4.03. The summed E-state index contributed by atoms with van der Waals surface area (Å²) in [5, 5.41) is 11.7. The molecule has 1 amide bonds. The minimum Gasteiger partial charge on any atom is -0.307 e. The smallest absolute Gasteiger partial charge is 0.263 e. The van der Waals surface area contributed by atoms with E-state index in [2.05, 4.69) is 25.5 Å². The van der Waals surface area contributed by atoms with Gasteiger partial charge in [-0.2, -0.15) is 19.9 Å². The molecule has 4 rings (SSSR count). The number of aryl methyl sites for hydroxylation is 1. The van der Waals surface area contributed by atoms with E-state index >= 15 is 0 Å². The van der Waals surface area contributed by atoms with Gasteiger partial charge in [0.15, 0.2) is 5.65 Å². The summed E-state index contributed by atoms with van der Waals surface area (Å²) in [6.45, 7) is 3.53. The monoisotopic (exact) mass is 375 g/mol. The molecule has 0 aliphatic rings. The van der Waals surface area contributed by atoms with Crippen LogP contribution in [0.4, 0.5) is 5.82 Å². The van der Waals surface area contributed by atoms with Gasteiger partial charge in [0.2, 0.25) is 11.9 Å². The highest BCUT2D eigenvalue weighted by Gasteiger charge is 2.16. The number of fused-ring (bicyclic) bond motifs is 1. The van der Waals surface area contributed by atoms with Crippen molar-refractivity contribution >= 4 is 22.8 Å². The van der Waals surface area contributed by atoms with Crippen molar-refractivity contribution in [3.63, 3.8) is 0 Å². The molecule has 0 aliphatic carbocycles. The maximum Gasteiger partial charge on any atom is 0.263 e. The number of rotatable bonds is 4. The number of carbonyl (C=O) groups excluding carboxylic acids is 1. The Balaban J connectivity index is 1.87. The molecule has 0 radical (unpaired) electrons. The zero-order valence-corrected chi connectivity index (χ0v) is 15.2. The molecule has 1 aromatic carbocycles. The molecule has 140 valence electrons. The number of allylic oxidation sites excluding steroid dienone is 1. The van der Waals surface area contributed by atoms with E-state index in [4.69, 9.17) is 0 Å². The predicted molar refractivity (Wildman–Crippen MR) is 105 cm³/mol. The van der Waals surface area contributed by atoms with Gasteiger partial charge in [-0.15, -0.1) is 0 Å². The lowest BCUT2D eigenvalue weighted by atomic mass is 10.3. The quantitative estimate of drug-likeness (QED) is 0.531. The van der Waals surface area contributed by atoms with Gasteiger partial charge in [-0.1, -0.05) is 24.3 Å². The van der Waals surface area contributed by atoms with Gasteiger partial charge in [0.25, 0.3) is 5.56 Å². The molecule has 9 heteroatoms. The maximum atomic E-state index is 12.6. The summed E-state index contributed by atoms with van der Waals surface area (Å²) >= 11 is 0. The predicted octanol–water partition coefficient (Wildman–Crippen LogP) is 2.12. The van der Waals surface area contributed by atoms with Crippen LogP contribution >= 0.6 is 0 Å². The Labute approximate surface area is 159 Å². The van der Waals surface area contributed by atoms with E-state index in [0.29, 0.717) is 22.5 Å². The molecule has 0 fully saturated rings. The minimum atomic E-state index is -0.346. The van der Waals surface area contributed by atoms with Gasteiger partial charge in [-0.05, 0) is 32.1 Å². The third-order valence-electron chi connectivity index (χ3n) is 4.03. The van der Waals surface area contributed by atoms with Gasteiger partial charge in [0, 0.05) is 6.07 Å². The first-order valence-corrected chi connectivity index (χ1v) is 8.61. The van der Waals surface area contributed by atoms with Crippen LogP contribution in [-0.2, 0) is 4.79 Å². The van der Waals surface area contributed by atoms with Gasteiger partial charge in [0.05, 0.1) is 17.6 Å². The second-order valence-corrected chi connectivity index (χ2v) is 6.09. The molecule has 0 saturated heterocycles. The molecule has 28 heavy (non-hydrogen) atoms. The summed E-state index contributed by atoms with van der Waals surface area (Å²) in [6, 6.07) is 11.1. The molecule has 3 heterocycles. The van der Waals surface area contributed by atoms with Crippen LogP contribution in [0.5, 0.6) is 0 Å². The zero-order valence-electron chi connectivity index (χ0n) is 15.2. The average molecular weight is 375 g/mol. The minimum absolute atomic E-state index is 0.180. The molecule has 3 aromatic heterocycles. The lowest BCUT2D eigenvalue weighted by molar-refractivity contribution is -0.111. The molecule has 4 aromatic rings. The second-order valence-electron chi connectivity index (χ2n) is 6.09. The zero-order chi connectivity index (χ0) is 19.7. The fourth-order valence-electron chi connectivity index (χ4n) is 2.83. The Morgan fingerprint density at radius 2 is 2.00 bits per heavy atom. The summed E-state index contributed by atoms with van der Waals surface area (Å²) in [4.78, 5) is 31.8. The van der Waals surface area contributed by atoms with Crippen molar-refractivity contribution in [1.82, 2.24) is 29.5 Å². The Bertz CT molecular complexity index is 1250.